The number of likely N-dealkylation sites (tertiary alicyclic amines) is 1. The molecule has 3 aromatic rings. The van der Waals surface area contributed by atoms with Gasteiger partial charge in [0.1, 0.15) is 0 Å². The molecule has 1 fully saturated rings. The number of carbonyl (C=O) groups is 1. The van der Waals surface area contributed by atoms with Crippen molar-refractivity contribution in [1.29, 1.82) is 0 Å². The molecule has 0 saturated carbocycles. The summed E-state index contributed by atoms with van der Waals surface area (Å²) in [5.41, 5.74) is 1.27. The lowest BCUT2D eigenvalue weighted by Crippen LogP contribution is -2.39. The fourth-order valence-electron chi connectivity index (χ4n) is 4.36. The lowest BCUT2D eigenvalue weighted by Gasteiger charge is -2.32. The zero-order valence-electron chi connectivity index (χ0n) is 18.8. The molecule has 0 unspecified atom stereocenters. The maximum Gasteiger partial charge on any atom is 0.223 e. The minimum Gasteiger partial charge on any atom is -0.343 e. The number of carbonyl (C=O) groups excluding carboxylic acids is 1. The third kappa shape index (κ3) is 5.50. The van der Waals surface area contributed by atoms with Crippen LogP contribution in [-0.4, -0.2) is 49.7 Å². The minimum atomic E-state index is -3.54. The number of nitrogens with zero attached hydrogens (tertiary/aromatic N) is 3. The van der Waals surface area contributed by atoms with Crippen molar-refractivity contribution in [2.24, 2.45) is 18.0 Å². The smallest absolute Gasteiger partial charge is 0.223 e. The summed E-state index contributed by atoms with van der Waals surface area (Å²) in [7, 11) is 0.298. The number of hydrogen-bond acceptors (Lipinski definition) is 5. The summed E-state index contributed by atoms with van der Waals surface area (Å²) in [5, 5.41) is 4.47. The van der Waals surface area contributed by atoms with E-state index in [1.807, 2.05) is 11.9 Å². The van der Waals surface area contributed by atoms with Crippen molar-refractivity contribution in [2.75, 3.05) is 25.9 Å². The molecular weight excluding hydrogens is 478 g/mol. The summed E-state index contributed by atoms with van der Waals surface area (Å²) in [6, 6.07) is 10.3. The highest BCUT2D eigenvalue weighted by atomic mass is 35.5. The number of thiazole rings is 1. The summed E-state index contributed by atoms with van der Waals surface area (Å²) in [6.07, 6.45) is 2.85. The second-order valence-electron chi connectivity index (χ2n) is 8.54. The van der Waals surface area contributed by atoms with Gasteiger partial charge in [-0.15, -0.1) is 11.3 Å². The molecule has 1 aromatic heterocycles. The van der Waals surface area contributed by atoms with Gasteiger partial charge in [-0.05, 0) is 60.2 Å². The molecule has 0 atom stereocenters. The monoisotopic (exact) mass is 505 g/mol. The van der Waals surface area contributed by atoms with E-state index in [9.17, 15) is 13.2 Å². The van der Waals surface area contributed by atoms with Crippen molar-refractivity contribution in [3.05, 3.63) is 57.3 Å². The first-order chi connectivity index (χ1) is 15.8. The quantitative estimate of drug-likeness (QED) is 0.507. The van der Waals surface area contributed by atoms with Gasteiger partial charge in [0.05, 0.1) is 10.6 Å². The molecule has 0 spiro atoms. The fraction of sp³-hybridized carbons (Fsp3) is 0.417. The molecule has 1 saturated heterocycles. The summed E-state index contributed by atoms with van der Waals surface area (Å²) in [5.74, 6) is 0.256. The lowest BCUT2D eigenvalue weighted by molar-refractivity contribution is -0.132. The molecule has 4 rings (SSSR count). The van der Waals surface area contributed by atoms with Crippen LogP contribution in [0.25, 0.3) is 10.8 Å². The van der Waals surface area contributed by atoms with E-state index in [0.717, 1.165) is 34.8 Å². The van der Waals surface area contributed by atoms with Gasteiger partial charge in [-0.25, -0.2) is 8.42 Å². The van der Waals surface area contributed by atoms with Crippen LogP contribution in [-0.2, 0) is 28.1 Å². The summed E-state index contributed by atoms with van der Waals surface area (Å²) < 4.78 is 27.8. The molecular formula is C24H28ClN3O3S2. The van der Waals surface area contributed by atoms with Gasteiger partial charge in [-0.3, -0.25) is 9.79 Å². The van der Waals surface area contributed by atoms with Crippen LogP contribution in [0.2, 0.25) is 5.02 Å². The van der Waals surface area contributed by atoms with Crippen molar-refractivity contribution < 1.29 is 13.2 Å². The number of halogens is 1. The van der Waals surface area contributed by atoms with Crippen molar-refractivity contribution in [3.63, 3.8) is 0 Å². The zero-order chi connectivity index (χ0) is 23.6. The number of benzene rings is 2. The van der Waals surface area contributed by atoms with E-state index in [0.29, 0.717) is 24.0 Å². The summed E-state index contributed by atoms with van der Waals surface area (Å²) >= 11 is 7.65. The van der Waals surface area contributed by atoms with Gasteiger partial charge in [0.15, 0.2) is 14.6 Å². The van der Waals surface area contributed by atoms with E-state index in [1.165, 1.54) is 5.69 Å². The Labute approximate surface area is 203 Å². The third-order valence-electron chi connectivity index (χ3n) is 6.39. The molecule has 0 aliphatic carbocycles. The molecule has 0 N–H and O–H groups in total. The molecule has 1 aliphatic rings. The number of rotatable bonds is 6. The Morgan fingerprint density at radius 1 is 1.15 bits per heavy atom. The molecule has 33 heavy (non-hydrogen) atoms. The molecule has 2 aromatic carbocycles. The van der Waals surface area contributed by atoms with E-state index in [4.69, 9.17) is 11.6 Å². The number of hydrogen-bond donors (Lipinski definition) is 0. The van der Waals surface area contributed by atoms with Crippen LogP contribution in [0, 0.1) is 5.92 Å². The van der Waals surface area contributed by atoms with Crippen LogP contribution in [0.5, 0.6) is 0 Å². The van der Waals surface area contributed by atoms with Gasteiger partial charge < -0.3 is 9.47 Å². The SMILES string of the molecule is C/N=c1\scc(CC2CCN(C(=O)CCS(=O)(=O)c3ccc4cc(Cl)ccc4c3)CC2)n1C. The predicted molar refractivity (Wildman–Crippen MR) is 133 cm³/mol. The second-order valence-corrected chi connectivity index (χ2v) is 11.9. The fourth-order valence-corrected chi connectivity index (χ4v) is 6.68. The topological polar surface area (TPSA) is 71.7 Å². The van der Waals surface area contributed by atoms with Crippen molar-refractivity contribution in [3.8, 4) is 0 Å². The normalized spacial score (nSPS) is 16.0. The first-order valence-electron chi connectivity index (χ1n) is 11.0. The van der Waals surface area contributed by atoms with Gasteiger partial charge >= 0.3 is 0 Å². The number of aromatic nitrogens is 1. The lowest BCUT2D eigenvalue weighted by atomic mass is 9.92. The van der Waals surface area contributed by atoms with Crippen LogP contribution in [0.3, 0.4) is 0 Å². The molecule has 176 valence electrons. The number of fused-ring (bicyclic) bond motifs is 1. The number of amides is 1. The standard InChI is InChI=1S/C24H28ClN3O3S2/c1-26-24-27(2)21(16-32-24)13-17-7-10-28(11-8-17)23(29)9-12-33(30,31)22-6-4-18-14-20(25)5-3-19(18)15-22/h3-6,14-17H,7-13H2,1-2H3/b26-24-. The van der Waals surface area contributed by atoms with E-state index >= 15 is 0 Å². The van der Waals surface area contributed by atoms with Crippen LogP contribution in [0.15, 0.2) is 51.7 Å². The Hall–Kier alpha value is -2.16. The second kappa shape index (κ2) is 9.99. The maximum atomic E-state index is 12.8. The Bertz CT molecular complexity index is 1340. The zero-order valence-corrected chi connectivity index (χ0v) is 21.2. The highest BCUT2D eigenvalue weighted by molar-refractivity contribution is 7.91. The summed E-state index contributed by atoms with van der Waals surface area (Å²) in [4.78, 5) is 20.1. The van der Waals surface area contributed by atoms with Crippen LogP contribution in [0.4, 0.5) is 0 Å². The molecule has 1 aliphatic heterocycles. The first kappa shape index (κ1) is 24.0. The predicted octanol–water partition coefficient (Wildman–Crippen LogP) is 4.07. The average molecular weight is 506 g/mol. The van der Waals surface area contributed by atoms with Crippen LogP contribution in [0.1, 0.15) is 25.0 Å². The molecule has 2 heterocycles. The Morgan fingerprint density at radius 3 is 2.55 bits per heavy atom. The van der Waals surface area contributed by atoms with Gasteiger partial charge in [0.2, 0.25) is 5.91 Å². The van der Waals surface area contributed by atoms with E-state index in [-0.39, 0.29) is 23.0 Å². The van der Waals surface area contributed by atoms with Crippen LogP contribution >= 0.6 is 22.9 Å². The highest BCUT2D eigenvalue weighted by Crippen LogP contribution is 2.25. The average Bonchev–Trinajstić information content (AvgIpc) is 3.16. The maximum absolute atomic E-state index is 12.8. The molecule has 0 bridgehead atoms. The van der Waals surface area contributed by atoms with Gasteiger partial charge in [0.25, 0.3) is 0 Å². The number of piperidine rings is 1. The Kier molecular flexibility index (Phi) is 7.26. The number of sulfone groups is 1. The molecule has 0 radical (unpaired) electrons. The van der Waals surface area contributed by atoms with Crippen LogP contribution < -0.4 is 4.80 Å². The van der Waals surface area contributed by atoms with E-state index in [1.54, 1.807) is 54.8 Å². The van der Waals surface area contributed by atoms with Gasteiger partial charge in [-0.1, -0.05) is 23.7 Å². The highest BCUT2D eigenvalue weighted by Gasteiger charge is 2.25. The van der Waals surface area contributed by atoms with E-state index in [2.05, 4.69) is 14.9 Å². The van der Waals surface area contributed by atoms with Crippen molar-refractivity contribution in [2.45, 2.75) is 30.6 Å². The summed E-state index contributed by atoms with van der Waals surface area (Å²) in [6.45, 7) is 1.36. The Morgan fingerprint density at radius 2 is 1.85 bits per heavy atom. The molecule has 6 nitrogen and oxygen atoms in total. The first-order valence-corrected chi connectivity index (χ1v) is 13.9. The third-order valence-corrected chi connectivity index (χ3v) is 9.40. The Balaban J connectivity index is 1.31. The largest absolute Gasteiger partial charge is 0.343 e. The van der Waals surface area contributed by atoms with E-state index < -0.39 is 9.84 Å². The molecule has 9 heteroatoms. The molecule has 1 amide bonds. The van der Waals surface area contributed by atoms with Gasteiger partial charge in [-0.2, -0.15) is 0 Å². The van der Waals surface area contributed by atoms with Crippen molar-refractivity contribution >= 4 is 49.5 Å². The van der Waals surface area contributed by atoms with Gasteiger partial charge in [0, 0.05) is 49.7 Å². The minimum absolute atomic E-state index is 0.00646. The van der Waals surface area contributed by atoms with Crippen molar-refractivity contribution in [1.82, 2.24) is 9.47 Å².